The van der Waals surface area contributed by atoms with Crippen molar-refractivity contribution in [2.45, 2.75) is 52.9 Å². The first-order chi connectivity index (χ1) is 10.5. The van der Waals surface area contributed by atoms with E-state index in [9.17, 15) is 9.59 Å². The molecule has 1 aliphatic carbocycles. The largest absolute Gasteiger partial charge is 0.323 e. The average Bonchev–Trinajstić information content (AvgIpc) is 2.76. The lowest BCUT2D eigenvalue weighted by Crippen LogP contribution is -2.26. The smallest absolute Gasteiger partial charge is 0.224 e. The molecule has 0 aromatic heterocycles. The third-order valence-electron chi connectivity index (χ3n) is 4.02. The SMILES string of the molecule is CCCCC(=O)NC1=C(CCC(C)C)c2ccccc2C1=O. The predicted octanol–water partition coefficient (Wildman–Crippen LogP) is 4.34. The van der Waals surface area contributed by atoms with Crippen LogP contribution in [0.15, 0.2) is 30.0 Å². The first-order valence-electron chi connectivity index (χ1n) is 8.21. The summed E-state index contributed by atoms with van der Waals surface area (Å²) in [6.45, 7) is 6.39. The quantitative estimate of drug-likeness (QED) is 0.814. The zero-order valence-corrected chi connectivity index (χ0v) is 13.7. The summed E-state index contributed by atoms with van der Waals surface area (Å²) < 4.78 is 0. The van der Waals surface area contributed by atoms with Gasteiger partial charge in [-0.1, -0.05) is 51.5 Å². The van der Waals surface area contributed by atoms with Gasteiger partial charge in [-0.2, -0.15) is 0 Å². The fourth-order valence-corrected chi connectivity index (χ4v) is 2.71. The number of nitrogens with one attached hydrogen (secondary N) is 1. The molecule has 0 saturated carbocycles. The van der Waals surface area contributed by atoms with Gasteiger partial charge in [0.1, 0.15) is 0 Å². The van der Waals surface area contributed by atoms with Gasteiger partial charge in [0.2, 0.25) is 11.7 Å². The van der Waals surface area contributed by atoms with Crippen molar-refractivity contribution in [3.05, 3.63) is 41.1 Å². The molecule has 118 valence electrons. The molecule has 1 aliphatic rings. The van der Waals surface area contributed by atoms with E-state index < -0.39 is 0 Å². The van der Waals surface area contributed by atoms with Gasteiger partial charge < -0.3 is 5.32 Å². The number of fused-ring (bicyclic) bond motifs is 1. The highest BCUT2D eigenvalue weighted by molar-refractivity contribution is 6.21. The number of ketones is 1. The van der Waals surface area contributed by atoms with E-state index in [-0.39, 0.29) is 11.7 Å². The number of amides is 1. The van der Waals surface area contributed by atoms with Gasteiger partial charge in [-0.25, -0.2) is 0 Å². The van der Waals surface area contributed by atoms with Gasteiger partial charge in [0.15, 0.2) is 0 Å². The number of carbonyl (C=O) groups is 2. The van der Waals surface area contributed by atoms with Crippen molar-refractivity contribution in [2.75, 3.05) is 0 Å². The molecule has 2 rings (SSSR count). The molecule has 0 radical (unpaired) electrons. The van der Waals surface area contributed by atoms with E-state index in [1.54, 1.807) is 0 Å². The minimum atomic E-state index is -0.0555. The van der Waals surface area contributed by atoms with Crippen LogP contribution in [-0.2, 0) is 4.79 Å². The molecule has 0 spiro atoms. The maximum absolute atomic E-state index is 12.6. The highest BCUT2D eigenvalue weighted by Crippen LogP contribution is 2.35. The van der Waals surface area contributed by atoms with Crippen molar-refractivity contribution in [1.82, 2.24) is 5.32 Å². The van der Waals surface area contributed by atoms with E-state index >= 15 is 0 Å². The number of Topliss-reactive ketones (excluding diaryl/α,β-unsaturated/α-hetero) is 1. The Morgan fingerprint density at radius 1 is 1.18 bits per heavy atom. The van der Waals surface area contributed by atoms with E-state index in [1.807, 2.05) is 24.3 Å². The van der Waals surface area contributed by atoms with E-state index in [0.29, 0.717) is 23.6 Å². The first kappa shape index (κ1) is 16.5. The molecule has 0 atom stereocenters. The second kappa shape index (κ2) is 7.39. The number of unbranched alkanes of at least 4 members (excludes halogenated alkanes) is 1. The summed E-state index contributed by atoms with van der Waals surface area (Å²) in [7, 11) is 0. The summed E-state index contributed by atoms with van der Waals surface area (Å²) in [6.07, 6.45) is 4.12. The van der Waals surface area contributed by atoms with Gasteiger partial charge in [-0.15, -0.1) is 0 Å². The first-order valence-corrected chi connectivity index (χ1v) is 8.21. The number of rotatable bonds is 7. The highest BCUT2D eigenvalue weighted by Gasteiger charge is 2.29. The van der Waals surface area contributed by atoms with Crippen molar-refractivity contribution in [3.63, 3.8) is 0 Å². The molecule has 0 fully saturated rings. The molecule has 3 nitrogen and oxygen atoms in total. The summed E-state index contributed by atoms with van der Waals surface area (Å²) in [4.78, 5) is 24.6. The van der Waals surface area contributed by atoms with Crippen LogP contribution in [0.1, 0.15) is 68.8 Å². The fraction of sp³-hybridized carbons (Fsp3) is 0.474. The monoisotopic (exact) mass is 299 g/mol. The second-order valence-corrected chi connectivity index (χ2v) is 6.31. The number of benzene rings is 1. The Morgan fingerprint density at radius 3 is 2.50 bits per heavy atom. The summed E-state index contributed by atoms with van der Waals surface area (Å²) >= 11 is 0. The number of hydrogen-bond acceptors (Lipinski definition) is 2. The number of allylic oxidation sites excluding steroid dienone is 2. The molecule has 1 amide bonds. The Hall–Kier alpha value is -1.90. The molecule has 0 bridgehead atoms. The van der Waals surface area contributed by atoms with Gasteiger partial charge >= 0.3 is 0 Å². The maximum atomic E-state index is 12.6. The molecule has 1 aromatic carbocycles. The van der Waals surface area contributed by atoms with Crippen LogP contribution < -0.4 is 5.32 Å². The lowest BCUT2D eigenvalue weighted by molar-refractivity contribution is -0.120. The Labute approximate surface area is 132 Å². The summed E-state index contributed by atoms with van der Waals surface area (Å²) in [5, 5.41) is 2.88. The molecule has 0 saturated heterocycles. The molecule has 22 heavy (non-hydrogen) atoms. The summed E-state index contributed by atoms with van der Waals surface area (Å²) in [6, 6.07) is 7.65. The predicted molar refractivity (Wildman–Crippen MR) is 89.4 cm³/mol. The standard InChI is InChI=1S/C19H25NO2/c1-4-5-10-17(21)20-18-15(12-11-13(2)3)14-8-6-7-9-16(14)19(18)22/h6-9,13H,4-5,10-12H2,1-3H3,(H,20,21,22). The van der Waals surface area contributed by atoms with Crippen LogP contribution in [0, 0.1) is 5.92 Å². The van der Waals surface area contributed by atoms with E-state index in [2.05, 4.69) is 26.1 Å². The lowest BCUT2D eigenvalue weighted by Gasteiger charge is -2.10. The van der Waals surface area contributed by atoms with Gasteiger partial charge in [0.25, 0.3) is 0 Å². The van der Waals surface area contributed by atoms with E-state index in [0.717, 1.165) is 36.8 Å². The number of hydrogen-bond donors (Lipinski definition) is 1. The molecule has 3 heteroatoms. The third kappa shape index (κ3) is 3.65. The lowest BCUT2D eigenvalue weighted by atomic mass is 9.98. The van der Waals surface area contributed by atoms with Gasteiger partial charge in [0, 0.05) is 12.0 Å². The van der Waals surface area contributed by atoms with Crippen molar-refractivity contribution in [1.29, 1.82) is 0 Å². The minimum Gasteiger partial charge on any atom is -0.323 e. The van der Waals surface area contributed by atoms with Crippen molar-refractivity contribution in [2.24, 2.45) is 5.92 Å². The van der Waals surface area contributed by atoms with E-state index in [4.69, 9.17) is 0 Å². The minimum absolute atomic E-state index is 0.0424. The van der Waals surface area contributed by atoms with Gasteiger partial charge in [-0.05, 0) is 36.3 Å². The molecule has 0 aliphatic heterocycles. The van der Waals surface area contributed by atoms with Crippen molar-refractivity contribution in [3.8, 4) is 0 Å². The Balaban J connectivity index is 2.26. The van der Waals surface area contributed by atoms with Crippen LogP contribution in [0.4, 0.5) is 0 Å². The van der Waals surface area contributed by atoms with Crippen LogP contribution >= 0.6 is 0 Å². The van der Waals surface area contributed by atoms with Crippen LogP contribution in [0.3, 0.4) is 0 Å². The van der Waals surface area contributed by atoms with Gasteiger partial charge in [-0.3, -0.25) is 9.59 Å². The Bertz CT molecular complexity index is 599. The van der Waals surface area contributed by atoms with Crippen molar-refractivity contribution >= 4 is 17.3 Å². The van der Waals surface area contributed by atoms with Gasteiger partial charge in [0.05, 0.1) is 5.70 Å². The highest BCUT2D eigenvalue weighted by atomic mass is 16.2. The summed E-state index contributed by atoms with van der Waals surface area (Å²) in [5.41, 5.74) is 3.20. The normalized spacial score (nSPS) is 13.7. The Kier molecular flexibility index (Phi) is 5.53. The van der Waals surface area contributed by atoms with Crippen molar-refractivity contribution < 1.29 is 9.59 Å². The fourth-order valence-electron chi connectivity index (χ4n) is 2.71. The topological polar surface area (TPSA) is 46.2 Å². The molecule has 0 heterocycles. The van der Waals surface area contributed by atoms with Crippen LogP contribution in [0.2, 0.25) is 0 Å². The zero-order valence-electron chi connectivity index (χ0n) is 13.7. The molecular weight excluding hydrogens is 274 g/mol. The number of carbonyl (C=O) groups excluding carboxylic acids is 2. The van der Waals surface area contributed by atoms with Crippen LogP contribution in [-0.4, -0.2) is 11.7 Å². The van der Waals surface area contributed by atoms with Crippen LogP contribution in [0.5, 0.6) is 0 Å². The van der Waals surface area contributed by atoms with E-state index in [1.165, 1.54) is 0 Å². The van der Waals surface area contributed by atoms with Crippen LogP contribution in [0.25, 0.3) is 5.57 Å². The average molecular weight is 299 g/mol. The summed E-state index contributed by atoms with van der Waals surface area (Å²) in [5.74, 6) is 0.465. The molecule has 1 N–H and O–H groups in total. The molecular formula is C19H25NO2. The Morgan fingerprint density at radius 2 is 1.86 bits per heavy atom. The maximum Gasteiger partial charge on any atom is 0.224 e. The zero-order chi connectivity index (χ0) is 16.1. The third-order valence-corrected chi connectivity index (χ3v) is 4.02. The molecule has 1 aromatic rings. The second-order valence-electron chi connectivity index (χ2n) is 6.31. The molecule has 0 unspecified atom stereocenters.